The molecule has 1 aliphatic rings. The number of amides is 3. The molecule has 3 amide bonds. The first-order valence-electron chi connectivity index (χ1n) is 15.3. The second-order valence-electron chi connectivity index (χ2n) is 12.8. The Balaban J connectivity index is 1.49. The lowest BCUT2D eigenvalue weighted by molar-refractivity contribution is -0.145. The molecule has 0 bridgehead atoms. The van der Waals surface area contributed by atoms with E-state index in [4.69, 9.17) is 9.15 Å². The van der Waals surface area contributed by atoms with Gasteiger partial charge in [-0.25, -0.2) is 14.8 Å². The third kappa shape index (κ3) is 8.85. The van der Waals surface area contributed by atoms with E-state index in [2.05, 4.69) is 22.4 Å². The number of hydrogen-bond acceptors (Lipinski definition) is 8. The molecule has 45 heavy (non-hydrogen) atoms. The number of fused-ring (bicyclic) bond motifs is 1. The number of likely N-dealkylation sites (N-methyl/N-ethyl adjacent to an activating group) is 1. The lowest BCUT2D eigenvalue weighted by Crippen LogP contribution is -2.49. The maximum atomic E-state index is 13.7. The Labute approximate surface area is 266 Å². The smallest absolute Gasteiger partial charge is 0.410 e. The van der Waals surface area contributed by atoms with Crippen LogP contribution in [-0.2, 0) is 27.4 Å². The van der Waals surface area contributed by atoms with Gasteiger partial charge in [0.1, 0.15) is 11.4 Å². The number of hydrazine groups is 1. The fourth-order valence-corrected chi connectivity index (χ4v) is 5.17. The van der Waals surface area contributed by atoms with Crippen molar-refractivity contribution < 1.29 is 23.5 Å². The zero-order valence-electron chi connectivity index (χ0n) is 27.7. The van der Waals surface area contributed by atoms with Crippen LogP contribution >= 0.6 is 0 Å². The minimum atomic E-state index is -0.623. The Bertz CT molecular complexity index is 1490. The lowest BCUT2D eigenvalue weighted by atomic mass is 10.1. The van der Waals surface area contributed by atoms with E-state index in [0.29, 0.717) is 24.7 Å². The Kier molecular flexibility index (Phi) is 10.5. The van der Waals surface area contributed by atoms with Crippen LogP contribution in [0.1, 0.15) is 57.1 Å². The Morgan fingerprint density at radius 1 is 1.04 bits per heavy atom. The van der Waals surface area contributed by atoms with Crippen molar-refractivity contribution in [1.29, 1.82) is 0 Å². The molecule has 0 unspecified atom stereocenters. The Hall–Kier alpha value is -4.38. The number of nitrogens with zero attached hydrogens (tertiary/aromatic N) is 5. The molecule has 2 heterocycles. The van der Waals surface area contributed by atoms with Gasteiger partial charge in [0.15, 0.2) is 0 Å². The van der Waals surface area contributed by atoms with Crippen LogP contribution < -0.4 is 10.2 Å². The van der Waals surface area contributed by atoms with Crippen LogP contribution in [0.25, 0.3) is 11.5 Å². The van der Waals surface area contributed by atoms with Gasteiger partial charge in [0.25, 0.3) is 5.91 Å². The van der Waals surface area contributed by atoms with Crippen LogP contribution in [0.15, 0.2) is 53.1 Å². The third-order valence-corrected chi connectivity index (χ3v) is 7.61. The number of hydrogen-bond donors (Lipinski definition) is 1. The van der Waals surface area contributed by atoms with Crippen LogP contribution in [0.5, 0.6) is 0 Å². The van der Waals surface area contributed by atoms with E-state index < -0.39 is 11.7 Å². The molecular weight excluding hydrogens is 572 g/mol. The lowest BCUT2D eigenvalue weighted by Gasteiger charge is -2.32. The first kappa shape index (κ1) is 33.5. The first-order valence-corrected chi connectivity index (χ1v) is 15.3. The van der Waals surface area contributed by atoms with Crippen molar-refractivity contribution in [2.75, 3.05) is 38.1 Å². The summed E-state index contributed by atoms with van der Waals surface area (Å²) in [5.74, 6) is 0.730. The molecule has 3 aromatic rings. The number of aromatic nitrogens is 1. The van der Waals surface area contributed by atoms with Crippen molar-refractivity contribution in [2.24, 2.45) is 0 Å². The number of carbonyl (C=O) groups excluding carboxylic acids is 3. The molecular formula is C34H46N6O5. The summed E-state index contributed by atoms with van der Waals surface area (Å²) < 4.78 is 11.3. The molecule has 0 saturated carbocycles. The molecule has 1 aliphatic heterocycles. The van der Waals surface area contributed by atoms with Crippen molar-refractivity contribution in [3.8, 4) is 11.5 Å². The average Bonchev–Trinajstić information content (AvgIpc) is 3.60. The topological polar surface area (TPSA) is 111 Å². The first-order chi connectivity index (χ1) is 21.2. The van der Waals surface area contributed by atoms with Crippen molar-refractivity contribution >= 4 is 23.6 Å². The van der Waals surface area contributed by atoms with Crippen LogP contribution in [0, 0.1) is 13.8 Å². The van der Waals surface area contributed by atoms with Crippen LogP contribution in [0.3, 0.4) is 0 Å². The summed E-state index contributed by atoms with van der Waals surface area (Å²) in [5, 5.41) is 6.57. The predicted molar refractivity (Wildman–Crippen MR) is 173 cm³/mol. The molecule has 0 fully saturated rings. The van der Waals surface area contributed by atoms with Gasteiger partial charge in [-0.2, -0.15) is 0 Å². The zero-order valence-corrected chi connectivity index (χ0v) is 27.7. The number of nitrogens with one attached hydrogen (secondary N) is 1. The minimum absolute atomic E-state index is 0.0261. The zero-order chi connectivity index (χ0) is 32.9. The molecule has 11 nitrogen and oxygen atoms in total. The predicted octanol–water partition coefficient (Wildman–Crippen LogP) is 4.92. The summed E-state index contributed by atoms with van der Waals surface area (Å²) in [6.07, 6.45) is 1.23. The van der Waals surface area contributed by atoms with Crippen molar-refractivity contribution in [3.05, 3.63) is 71.1 Å². The summed E-state index contributed by atoms with van der Waals surface area (Å²) in [6.45, 7) is 14.7. The second-order valence-corrected chi connectivity index (χ2v) is 12.8. The van der Waals surface area contributed by atoms with Gasteiger partial charge >= 0.3 is 6.09 Å². The highest BCUT2D eigenvalue weighted by molar-refractivity contribution is 5.87. The second kappa shape index (κ2) is 14.2. The molecule has 1 N–H and O–H groups in total. The van der Waals surface area contributed by atoms with Crippen LogP contribution in [-0.4, -0.2) is 82.7 Å². The third-order valence-electron chi connectivity index (χ3n) is 7.61. The molecule has 0 spiro atoms. The average molecular weight is 619 g/mol. The van der Waals surface area contributed by atoms with Gasteiger partial charge < -0.3 is 24.3 Å². The molecule has 11 heteroatoms. The molecule has 2 aromatic carbocycles. The standard InChI is InChI=1S/C34H46N6O5/c1-23(2)40(33(43)45-34(5,6)7)16-15-35-30(41)21-38(29-17-26(14-13-24(29)3)32-36-18-25(4)44-32)22-31(42)37(8)39-19-27-11-9-10-12-28(27)20-39/h9-14,17-18,23H,15-16,19-22H2,1-8H3,(H,35,41). The summed E-state index contributed by atoms with van der Waals surface area (Å²) in [6, 6.07) is 13.8. The van der Waals surface area contributed by atoms with Gasteiger partial charge in [-0.05, 0) is 77.3 Å². The minimum Gasteiger partial charge on any atom is -0.444 e. The molecule has 1 aromatic heterocycles. The number of carbonyl (C=O) groups is 3. The molecule has 0 aliphatic carbocycles. The number of ether oxygens (including phenoxy) is 1. The highest BCUT2D eigenvalue weighted by atomic mass is 16.6. The highest BCUT2D eigenvalue weighted by Gasteiger charge is 2.28. The number of benzene rings is 2. The summed E-state index contributed by atoms with van der Waals surface area (Å²) in [7, 11) is 1.77. The van der Waals surface area contributed by atoms with Crippen LogP contribution in [0.4, 0.5) is 10.5 Å². The Morgan fingerprint density at radius 3 is 2.29 bits per heavy atom. The fourth-order valence-electron chi connectivity index (χ4n) is 5.17. The van der Waals surface area contributed by atoms with E-state index in [-0.39, 0.29) is 44.0 Å². The largest absolute Gasteiger partial charge is 0.444 e. The molecule has 4 rings (SSSR count). The maximum Gasteiger partial charge on any atom is 0.410 e. The summed E-state index contributed by atoms with van der Waals surface area (Å²) in [4.78, 5) is 47.5. The number of aryl methyl sites for hydroxylation is 2. The van der Waals surface area contributed by atoms with Crippen LogP contribution in [0.2, 0.25) is 0 Å². The quantitative estimate of drug-likeness (QED) is 0.323. The molecule has 0 radical (unpaired) electrons. The Morgan fingerprint density at radius 2 is 1.71 bits per heavy atom. The summed E-state index contributed by atoms with van der Waals surface area (Å²) in [5.41, 5.74) is 4.13. The number of oxazole rings is 1. The van der Waals surface area contributed by atoms with Gasteiger partial charge in [-0.15, -0.1) is 0 Å². The molecule has 242 valence electrons. The van der Waals surface area contributed by atoms with Gasteiger partial charge in [-0.1, -0.05) is 30.3 Å². The van der Waals surface area contributed by atoms with E-state index >= 15 is 0 Å². The van der Waals surface area contributed by atoms with E-state index in [1.807, 2.05) is 83.8 Å². The highest BCUT2D eigenvalue weighted by Crippen LogP contribution is 2.29. The normalized spacial score (nSPS) is 13.0. The van der Waals surface area contributed by atoms with E-state index in [9.17, 15) is 14.4 Å². The number of rotatable bonds is 11. The summed E-state index contributed by atoms with van der Waals surface area (Å²) >= 11 is 0. The monoisotopic (exact) mass is 618 g/mol. The SMILES string of the molecule is Cc1cnc(-c2ccc(C)c(N(CC(=O)NCCN(C(=O)OC(C)(C)C)C(C)C)CC(=O)N(C)N3Cc4ccccc4C3)c2)o1. The van der Waals surface area contributed by atoms with Crippen molar-refractivity contribution in [3.63, 3.8) is 0 Å². The van der Waals surface area contributed by atoms with E-state index in [1.165, 1.54) is 11.1 Å². The van der Waals surface area contributed by atoms with Gasteiger partial charge in [-0.3, -0.25) is 14.6 Å². The molecule has 0 saturated heterocycles. The number of anilines is 1. The van der Waals surface area contributed by atoms with Crippen molar-refractivity contribution in [1.82, 2.24) is 25.2 Å². The fraction of sp³-hybridized carbons (Fsp3) is 0.471. The van der Waals surface area contributed by atoms with Crippen molar-refractivity contribution in [2.45, 2.75) is 73.2 Å². The van der Waals surface area contributed by atoms with Gasteiger partial charge in [0, 0.05) is 50.5 Å². The van der Waals surface area contributed by atoms with E-state index in [1.54, 1.807) is 28.1 Å². The van der Waals surface area contributed by atoms with E-state index in [0.717, 1.165) is 16.8 Å². The maximum absolute atomic E-state index is 13.7. The molecule has 0 atom stereocenters. The van der Waals surface area contributed by atoms with Gasteiger partial charge in [0.05, 0.1) is 19.3 Å². The van der Waals surface area contributed by atoms with Gasteiger partial charge in [0.2, 0.25) is 11.8 Å².